The molecule has 152 valence electrons. The highest BCUT2D eigenvalue weighted by atomic mass is 19.1. The summed E-state index contributed by atoms with van der Waals surface area (Å²) in [4.78, 5) is 16.3. The summed E-state index contributed by atoms with van der Waals surface area (Å²) in [5.74, 6) is 0.0762. The van der Waals surface area contributed by atoms with Gasteiger partial charge in [-0.2, -0.15) is 0 Å². The zero-order chi connectivity index (χ0) is 20.9. The number of benzene rings is 2. The van der Waals surface area contributed by atoms with Crippen molar-refractivity contribution in [1.29, 1.82) is 0 Å². The van der Waals surface area contributed by atoms with E-state index in [4.69, 9.17) is 9.47 Å². The summed E-state index contributed by atoms with van der Waals surface area (Å²) < 4.78 is 24.1. The lowest BCUT2D eigenvalue weighted by atomic mass is 9.87. The second-order valence-electron chi connectivity index (χ2n) is 7.71. The van der Waals surface area contributed by atoms with Crippen molar-refractivity contribution in [3.63, 3.8) is 0 Å². The summed E-state index contributed by atoms with van der Waals surface area (Å²) in [6.07, 6.45) is 2.39. The van der Waals surface area contributed by atoms with Gasteiger partial charge < -0.3 is 9.47 Å². The molecular formula is C24H26FNO3. The van der Waals surface area contributed by atoms with Crippen molar-refractivity contribution >= 4 is 16.9 Å². The van der Waals surface area contributed by atoms with Crippen molar-refractivity contribution < 1.29 is 18.7 Å². The number of carbonyl (C=O) groups is 1. The summed E-state index contributed by atoms with van der Waals surface area (Å²) in [7, 11) is 1.41. The van der Waals surface area contributed by atoms with Crippen molar-refractivity contribution in [2.24, 2.45) is 5.41 Å². The lowest BCUT2D eigenvalue weighted by Gasteiger charge is -2.21. The summed E-state index contributed by atoms with van der Waals surface area (Å²) in [5.41, 5.74) is 2.20. The predicted octanol–water partition coefficient (Wildman–Crippen LogP) is 5.79. The Morgan fingerprint density at radius 1 is 1.07 bits per heavy atom. The summed E-state index contributed by atoms with van der Waals surface area (Å²) in [6, 6.07) is 16.2. The number of fused-ring (bicyclic) bond motifs is 1. The molecule has 5 heteroatoms. The molecule has 0 saturated carbocycles. The Kier molecular flexibility index (Phi) is 6.47. The first-order chi connectivity index (χ1) is 13.9. The molecule has 0 aliphatic carbocycles. The fraction of sp³-hybridized carbons (Fsp3) is 0.333. The van der Waals surface area contributed by atoms with E-state index in [0.717, 1.165) is 41.3 Å². The van der Waals surface area contributed by atoms with Crippen LogP contribution in [0.2, 0.25) is 0 Å². The fourth-order valence-electron chi connectivity index (χ4n) is 3.32. The van der Waals surface area contributed by atoms with Gasteiger partial charge in [0.05, 0.1) is 24.6 Å². The third kappa shape index (κ3) is 5.11. The average molecular weight is 395 g/mol. The number of halogens is 1. The van der Waals surface area contributed by atoms with Gasteiger partial charge in [-0.3, -0.25) is 4.79 Å². The van der Waals surface area contributed by atoms with Crippen LogP contribution in [0.3, 0.4) is 0 Å². The Hall–Kier alpha value is -2.95. The number of hydrogen-bond donors (Lipinski definition) is 0. The smallest absolute Gasteiger partial charge is 0.311 e. The third-order valence-electron chi connectivity index (χ3n) is 5.03. The number of esters is 1. The molecule has 1 heterocycles. The predicted molar refractivity (Wildman–Crippen MR) is 112 cm³/mol. The highest BCUT2D eigenvalue weighted by Gasteiger charge is 2.27. The molecule has 0 unspecified atom stereocenters. The summed E-state index contributed by atoms with van der Waals surface area (Å²) >= 11 is 0. The first-order valence-electron chi connectivity index (χ1n) is 9.78. The monoisotopic (exact) mass is 395 g/mol. The van der Waals surface area contributed by atoms with Gasteiger partial charge in [0.15, 0.2) is 0 Å². The molecule has 0 atom stereocenters. The molecule has 29 heavy (non-hydrogen) atoms. The molecule has 0 saturated heterocycles. The van der Waals surface area contributed by atoms with Crippen LogP contribution in [0, 0.1) is 11.2 Å². The van der Waals surface area contributed by atoms with E-state index in [1.807, 2.05) is 44.2 Å². The van der Waals surface area contributed by atoms with Crippen LogP contribution in [0.15, 0.2) is 54.6 Å². The third-order valence-corrected chi connectivity index (χ3v) is 5.03. The van der Waals surface area contributed by atoms with Gasteiger partial charge in [-0.15, -0.1) is 0 Å². The maximum Gasteiger partial charge on any atom is 0.311 e. The van der Waals surface area contributed by atoms with E-state index in [1.165, 1.54) is 19.2 Å². The van der Waals surface area contributed by atoms with Crippen LogP contribution < -0.4 is 4.74 Å². The minimum atomic E-state index is -0.494. The van der Waals surface area contributed by atoms with Crippen LogP contribution >= 0.6 is 0 Å². The van der Waals surface area contributed by atoms with Gasteiger partial charge in [0.1, 0.15) is 5.82 Å². The number of rotatable bonds is 8. The van der Waals surface area contributed by atoms with Gasteiger partial charge in [0, 0.05) is 11.5 Å². The average Bonchev–Trinajstić information content (AvgIpc) is 2.72. The van der Waals surface area contributed by atoms with Crippen molar-refractivity contribution in [3.05, 3.63) is 60.4 Å². The van der Waals surface area contributed by atoms with Gasteiger partial charge >= 0.3 is 5.97 Å². The van der Waals surface area contributed by atoms with Crippen LogP contribution in [-0.4, -0.2) is 24.7 Å². The largest absolute Gasteiger partial charge is 0.478 e. The quantitative estimate of drug-likeness (QED) is 0.358. The van der Waals surface area contributed by atoms with Crippen LogP contribution in [0.25, 0.3) is 22.0 Å². The minimum Gasteiger partial charge on any atom is -0.478 e. The topological polar surface area (TPSA) is 48.4 Å². The second-order valence-corrected chi connectivity index (χ2v) is 7.71. The van der Waals surface area contributed by atoms with Crippen LogP contribution in [0.1, 0.15) is 33.1 Å². The number of carbonyl (C=O) groups excluding carboxylic acids is 1. The van der Waals surface area contributed by atoms with E-state index in [2.05, 4.69) is 4.98 Å². The van der Waals surface area contributed by atoms with E-state index in [-0.39, 0.29) is 11.8 Å². The van der Waals surface area contributed by atoms with Crippen LogP contribution in [0.4, 0.5) is 4.39 Å². The summed E-state index contributed by atoms with van der Waals surface area (Å²) in [6.45, 7) is 4.28. The molecule has 0 N–H and O–H groups in total. The van der Waals surface area contributed by atoms with E-state index >= 15 is 0 Å². The molecule has 0 bridgehead atoms. The van der Waals surface area contributed by atoms with Crippen molar-refractivity contribution in [2.75, 3.05) is 13.7 Å². The molecule has 1 aromatic heterocycles. The number of nitrogens with zero attached hydrogens (tertiary/aromatic N) is 1. The molecular weight excluding hydrogens is 369 g/mol. The lowest BCUT2D eigenvalue weighted by molar-refractivity contribution is -0.151. The van der Waals surface area contributed by atoms with E-state index in [1.54, 1.807) is 12.1 Å². The first-order valence-corrected chi connectivity index (χ1v) is 9.78. The molecule has 3 rings (SSSR count). The Labute approximate surface area is 170 Å². The maximum atomic E-state index is 13.3. The molecule has 0 radical (unpaired) electrons. The van der Waals surface area contributed by atoms with Gasteiger partial charge in [-0.1, -0.05) is 30.3 Å². The van der Waals surface area contributed by atoms with Crippen LogP contribution in [-0.2, 0) is 9.53 Å². The Morgan fingerprint density at radius 3 is 2.52 bits per heavy atom. The van der Waals surface area contributed by atoms with Gasteiger partial charge in [-0.25, -0.2) is 9.37 Å². The van der Waals surface area contributed by atoms with E-state index in [9.17, 15) is 9.18 Å². The van der Waals surface area contributed by atoms with Crippen molar-refractivity contribution in [2.45, 2.75) is 33.1 Å². The number of methoxy groups -OCH3 is 1. The number of hydrogen-bond acceptors (Lipinski definition) is 4. The molecule has 0 amide bonds. The van der Waals surface area contributed by atoms with Gasteiger partial charge in [0.2, 0.25) is 5.88 Å². The number of ether oxygens (including phenoxy) is 2. The van der Waals surface area contributed by atoms with E-state index in [0.29, 0.717) is 12.5 Å². The highest BCUT2D eigenvalue weighted by Crippen LogP contribution is 2.31. The molecule has 0 aliphatic rings. The lowest BCUT2D eigenvalue weighted by Crippen LogP contribution is -2.25. The molecule has 2 aromatic carbocycles. The number of aromatic nitrogens is 1. The van der Waals surface area contributed by atoms with Crippen molar-refractivity contribution in [1.82, 2.24) is 4.98 Å². The molecule has 0 aliphatic heterocycles. The minimum absolute atomic E-state index is 0.196. The fourth-order valence-corrected chi connectivity index (χ4v) is 3.32. The van der Waals surface area contributed by atoms with Crippen molar-refractivity contribution in [3.8, 4) is 17.0 Å². The molecule has 3 aromatic rings. The SMILES string of the molecule is COC(=O)C(C)(C)CCCCOc1cc(-c2ccc(F)cc2)c2ccccc2n1. The first kappa shape index (κ1) is 20.8. The highest BCUT2D eigenvalue weighted by molar-refractivity contribution is 5.95. The zero-order valence-corrected chi connectivity index (χ0v) is 17.1. The number of para-hydroxylation sites is 1. The zero-order valence-electron chi connectivity index (χ0n) is 17.1. The second kappa shape index (κ2) is 9.03. The Balaban J connectivity index is 1.70. The van der Waals surface area contributed by atoms with Gasteiger partial charge in [-0.05, 0) is 62.4 Å². The van der Waals surface area contributed by atoms with Crippen LogP contribution in [0.5, 0.6) is 5.88 Å². The maximum absolute atomic E-state index is 13.3. The molecule has 0 spiro atoms. The standard InChI is InChI=1S/C24H26FNO3/c1-24(2,23(27)28-3)14-6-7-15-29-22-16-20(17-10-12-18(25)13-11-17)19-8-4-5-9-21(19)26-22/h4-5,8-13,16H,6-7,14-15H2,1-3H3. The van der Waals surface area contributed by atoms with E-state index < -0.39 is 5.41 Å². The molecule has 0 fully saturated rings. The normalized spacial score (nSPS) is 11.4. The number of pyridine rings is 1. The number of unbranched alkanes of at least 4 members (excludes halogenated alkanes) is 1. The Morgan fingerprint density at radius 2 is 1.79 bits per heavy atom. The summed E-state index contributed by atoms with van der Waals surface area (Å²) in [5, 5.41) is 0.992. The molecule has 4 nitrogen and oxygen atoms in total. The van der Waals surface area contributed by atoms with Gasteiger partial charge in [0.25, 0.3) is 0 Å². The Bertz CT molecular complexity index is 983.